The van der Waals surface area contributed by atoms with Gasteiger partial charge in [-0.2, -0.15) is 0 Å². The van der Waals surface area contributed by atoms with Gasteiger partial charge in [-0.25, -0.2) is 0 Å². The fraction of sp³-hybridized carbons (Fsp3) is 0. The monoisotopic (exact) mass is 368 g/mol. The first-order chi connectivity index (χ1) is 13.5. The van der Waals surface area contributed by atoms with Crippen LogP contribution in [0.1, 0.15) is 0 Å². The van der Waals surface area contributed by atoms with Crippen LogP contribution in [0.15, 0.2) is 97.1 Å². The number of para-hydroxylation sites is 1. The van der Waals surface area contributed by atoms with Crippen LogP contribution < -0.4 is 22.9 Å². The smallest absolute Gasteiger partial charge is 0.0627 e. The highest BCUT2D eigenvalue weighted by Gasteiger charge is 2.03. The molecule has 0 aliphatic heterocycles. The van der Waals surface area contributed by atoms with Gasteiger partial charge in [0.1, 0.15) is 0 Å². The molecule has 140 valence electrons. The quantitative estimate of drug-likeness (QED) is 0.372. The average molecular weight is 368 g/mol. The zero-order valence-corrected chi connectivity index (χ0v) is 15.5. The van der Waals surface area contributed by atoms with Crippen LogP contribution in [-0.2, 0) is 0 Å². The van der Waals surface area contributed by atoms with Crippen molar-refractivity contribution < 1.29 is 0 Å². The van der Waals surface area contributed by atoms with Gasteiger partial charge in [-0.1, -0.05) is 66.7 Å². The van der Waals surface area contributed by atoms with E-state index in [0.717, 1.165) is 33.6 Å². The molecule has 0 amide bonds. The predicted octanol–water partition coefficient (Wildman–Crippen LogP) is 5.04. The molecule has 0 unspecified atom stereocenters. The molecule has 0 spiro atoms. The van der Waals surface area contributed by atoms with Gasteiger partial charge in [0.05, 0.1) is 11.4 Å². The lowest BCUT2D eigenvalue weighted by Gasteiger charge is -2.07. The summed E-state index contributed by atoms with van der Waals surface area (Å²) < 4.78 is 0. The summed E-state index contributed by atoms with van der Waals surface area (Å²) in [5.41, 5.74) is 30.1. The van der Waals surface area contributed by atoms with E-state index < -0.39 is 0 Å². The van der Waals surface area contributed by atoms with Gasteiger partial charge >= 0.3 is 0 Å². The van der Waals surface area contributed by atoms with Crippen molar-refractivity contribution >= 4 is 22.7 Å². The van der Waals surface area contributed by atoms with E-state index in [9.17, 15) is 0 Å². The Hall–Kier alpha value is -3.92. The second-order valence-corrected chi connectivity index (χ2v) is 6.42. The molecule has 0 fully saturated rings. The van der Waals surface area contributed by atoms with Crippen LogP contribution in [0.3, 0.4) is 0 Å². The van der Waals surface area contributed by atoms with Gasteiger partial charge in [0.2, 0.25) is 0 Å². The molecule has 0 aliphatic rings. The first kappa shape index (κ1) is 18.9. The summed E-state index contributed by atoms with van der Waals surface area (Å²) in [7, 11) is 0. The largest absolute Gasteiger partial charge is 0.399 e. The molecule has 0 heterocycles. The van der Waals surface area contributed by atoms with Crippen molar-refractivity contribution in [3.05, 3.63) is 97.1 Å². The third-order valence-corrected chi connectivity index (χ3v) is 4.36. The number of hydrogen-bond acceptors (Lipinski definition) is 4. The van der Waals surface area contributed by atoms with Gasteiger partial charge in [-0.3, -0.25) is 0 Å². The topological polar surface area (TPSA) is 104 Å². The van der Waals surface area contributed by atoms with Gasteiger partial charge in [-0.05, 0) is 47.0 Å². The Morgan fingerprint density at radius 2 is 1.07 bits per heavy atom. The minimum absolute atomic E-state index is 0.631. The van der Waals surface area contributed by atoms with E-state index in [0.29, 0.717) is 11.4 Å². The summed E-state index contributed by atoms with van der Waals surface area (Å²) in [6.07, 6.45) is 0. The van der Waals surface area contributed by atoms with E-state index >= 15 is 0 Å². The number of anilines is 4. The molecule has 4 aromatic carbocycles. The summed E-state index contributed by atoms with van der Waals surface area (Å²) in [6.45, 7) is 0. The zero-order chi connectivity index (χ0) is 19.9. The summed E-state index contributed by atoms with van der Waals surface area (Å²) in [5.74, 6) is 0. The van der Waals surface area contributed by atoms with Crippen LogP contribution in [0.25, 0.3) is 22.3 Å². The fourth-order valence-electron chi connectivity index (χ4n) is 2.85. The third kappa shape index (κ3) is 4.62. The van der Waals surface area contributed by atoms with Gasteiger partial charge < -0.3 is 22.9 Å². The van der Waals surface area contributed by atoms with Gasteiger partial charge in [-0.15, -0.1) is 0 Å². The Labute approximate surface area is 165 Å². The van der Waals surface area contributed by atoms with E-state index in [2.05, 4.69) is 0 Å². The van der Waals surface area contributed by atoms with Gasteiger partial charge in [0.25, 0.3) is 0 Å². The molecule has 4 aromatic rings. The molecule has 28 heavy (non-hydrogen) atoms. The Kier molecular flexibility index (Phi) is 5.82. The number of nitrogens with two attached hydrogens (primary N) is 4. The molecule has 0 bridgehead atoms. The summed E-state index contributed by atoms with van der Waals surface area (Å²) in [5, 5.41) is 0. The first-order valence-electron chi connectivity index (χ1n) is 8.95. The molecule has 4 nitrogen and oxygen atoms in total. The Balaban J connectivity index is 0.000000161. The molecule has 0 saturated carbocycles. The van der Waals surface area contributed by atoms with Crippen molar-refractivity contribution in [2.75, 3.05) is 22.9 Å². The summed E-state index contributed by atoms with van der Waals surface area (Å²) >= 11 is 0. The lowest BCUT2D eigenvalue weighted by atomic mass is 10.0. The normalized spacial score (nSPS) is 10.0. The van der Waals surface area contributed by atoms with E-state index in [1.807, 2.05) is 97.1 Å². The van der Waals surface area contributed by atoms with Crippen molar-refractivity contribution in [1.29, 1.82) is 0 Å². The lowest BCUT2D eigenvalue weighted by Crippen LogP contribution is -1.96. The van der Waals surface area contributed by atoms with Crippen molar-refractivity contribution in [3.63, 3.8) is 0 Å². The molecule has 0 aliphatic carbocycles. The van der Waals surface area contributed by atoms with E-state index in [1.54, 1.807) is 0 Å². The Morgan fingerprint density at radius 1 is 0.429 bits per heavy atom. The molecule has 4 heteroatoms. The number of nitrogen functional groups attached to an aromatic ring is 4. The Bertz CT molecular complexity index is 1040. The minimum Gasteiger partial charge on any atom is -0.399 e. The predicted molar refractivity (Wildman–Crippen MR) is 121 cm³/mol. The summed E-state index contributed by atoms with van der Waals surface area (Å²) in [6, 6.07) is 31.2. The van der Waals surface area contributed by atoms with E-state index in [-0.39, 0.29) is 0 Å². The standard InChI is InChI=1S/2C12H12N2/c13-11-6-4-9(5-7-11)10-2-1-3-12(14)8-10;13-11-8-4-7-10(12(11)14)9-5-2-1-3-6-9/h2*1-8H,13-14H2. The molecular weight excluding hydrogens is 344 g/mol. The van der Waals surface area contributed by atoms with Crippen molar-refractivity contribution in [2.45, 2.75) is 0 Å². The molecule has 0 atom stereocenters. The van der Waals surface area contributed by atoms with E-state index in [1.165, 1.54) is 0 Å². The van der Waals surface area contributed by atoms with Crippen LogP contribution in [0.4, 0.5) is 22.7 Å². The Morgan fingerprint density at radius 3 is 1.75 bits per heavy atom. The highest BCUT2D eigenvalue weighted by atomic mass is 14.7. The number of hydrogen-bond donors (Lipinski definition) is 4. The van der Waals surface area contributed by atoms with Gasteiger partial charge in [0, 0.05) is 16.9 Å². The van der Waals surface area contributed by atoms with Crippen LogP contribution in [0, 0.1) is 0 Å². The van der Waals surface area contributed by atoms with Crippen molar-refractivity contribution in [1.82, 2.24) is 0 Å². The van der Waals surface area contributed by atoms with E-state index in [4.69, 9.17) is 22.9 Å². The number of rotatable bonds is 2. The third-order valence-electron chi connectivity index (χ3n) is 4.36. The summed E-state index contributed by atoms with van der Waals surface area (Å²) in [4.78, 5) is 0. The highest BCUT2D eigenvalue weighted by molar-refractivity contribution is 5.84. The second kappa shape index (κ2) is 8.64. The fourth-order valence-corrected chi connectivity index (χ4v) is 2.85. The maximum atomic E-state index is 5.89. The molecular formula is C24H24N4. The maximum absolute atomic E-state index is 5.89. The minimum atomic E-state index is 0.631. The van der Waals surface area contributed by atoms with Crippen LogP contribution >= 0.6 is 0 Å². The second-order valence-electron chi connectivity index (χ2n) is 6.42. The average Bonchev–Trinajstić information content (AvgIpc) is 2.72. The molecule has 0 radical (unpaired) electrons. The van der Waals surface area contributed by atoms with Crippen LogP contribution in [0.5, 0.6) is 0 Å². The van der Waals surface area contributed by atoms with Crippen molar-refractivity contribution in [3.8, 4) is 22.3 Å². The molecule has 0 saturated heterocycles. The SMILES string of the molecule is Nc1ccc(-c2cccc(N)c2)cc1.Nc1cccc(-c2ccccc2)c1N. The van der Waals surface area contributed by atoms with Gasteiger partial charge in [0.15, 0.2) is 0 Å². The lowest BCUT2D eigenvalue weighted by molar-refractivity contribution is 1.60. The van der Waals surface area contributed by atoms with Crippen LogP contribution in [-0.4, -0.2) is 0 Å². The zero-order valence-electron chi connectivity index (χ0n) is 15.5. The maximum Gasteiger partial charge on any atom is 0.0627 e. The first-order valence-corrected chi connectivity index (χ1v) is 8.95. The number of benzene rings is 4. The molecule has 0 aromatic heterocycles. The van der Waals surface area contributed by atoms with Crippen molar-refractivity contribution in [2.24, 2.45) is 0 Å². The highest BCUT2D eigenvalue weighted by Crippen LogP contribution is 2.29. The molecule has 4 rings (SSSR count). The van der Waals surface area contributed by atoms with Crippen LogP contribution in [0.2, 0.25) is 0 Å². The molecule has 8 N–H and O–H groups in total.